The highest BCUT2D eigenvalue weighted by Gasteiger charge is 2.22. The van der Waals surface area contributed by atoms with E-state index in [1.807, 2.05) is 55.3 Å². The average Bonchev–Trinajstić information content (AvgIpc) is 3.26. The number of anilines is 3. The molecule has 0 saturated carbocycles. The fraction of sp³-hybridized carbons (Fsp3) is 0.261. The highest BCUT2D eigenvalue weighted by molar-refractivity contribution is 5.81. The van der Waals surface area contributed by atoms with E-state index in [9.17, 15) is 10.1 Å². The lowest BCUT2D eigenvalue weighted by Crippen LogP contribution is -2.28. The van der Waals surface area contributed by atoms with Crippen molar-refractivity contribution in [2.75, 3.05) is 51.6 Å². The van der Waals surface area contributed by atoms with E-state index in [4.69, 9.17) is 4.74 Å². The summed E-state index contributed by atoms with van der Waals surface area (Å²) in [7, 11) is 7.28. The molecule has 11 nitrogen and oxygen atoms in total. The maximum Gasteiger partial charge on any atom is 0.294 e. The lowest BCUT2D eigenvalue weighted by Gasteiger charge is -2.23. The molecule has 0 aliphatic carbocycles. The van der Waals surface area contributed by atoms with E-state index >= 15 is 0 Å². The quantitative estimate of drug-likeness (QED) is 0.295. The Morgan fingerprint density at radius 1 is 1.15 bits per heavy atom. The number of methoxy groups -OCH3 is 1. The van der Waals surface area contributed by atoms with E-state index in [1.54, 1.807) is 29.2 Å². The molecule has 3 heterocycles. The Labute approximate surface area is 196 Å². The van der Waals surface area contributed by atoms with Crippen molar-refractivity contribution in [2.45, 2.75) is 0 Å². The molecule has 176 valence electrons. The van der Waals surface area contributed by atoms with Crippen molar-refractivity contribution < 1.29 is 9.66 Å². The van der Waals surface area contributed by atoms with Gasteiger partial charge in [0.15, 0.2) is 5.65 Å². The fourth-order valence-corrected chi connectivity index (χ4v) is 3.58. The van der Waals surface area contributed by atoms with Crippen LogP contribution in [-0.4, -0.2) is 70.7 Å². The summed E-state index contributed by atoms with van der Waals surface area (Å²) in [6, 6.07) is 8.66. The number of fused-ring (bicyclic) bond motifs is 1. The molecular formula is C23H26N8O3. The predicted molar refractivity (Wildman–Crippen MR) is 131 cm³/mol. The molecule has 0 aliphatic rings. The molecule has 0 radical (unpaired) electrons. The summed E-state index contributed by atoms with van der Waals surface area (Å²) >= 11 is 0. The monoisotopic (exact) mass is 462 g/mol. The van der Waals surface area contributed by atoms with Gasteiger partial charge in [-0.2, -0.15) is 5.10 Å². The van der Waals surface area contributed by atoms with Gasteiger partial charge in [0.25, 0.3) is 5.69 Å². The molecule has 0 aliphatic heterocycles. The third-order valence-electron chi connectivity index (χ3n) is 5.40. The van der Waals surface area contributed by atoms with Crippen LogP contribution >= 0.6 is 0 Å². The predicted octanol–water partition coefficient (Wildman–Crippen LogP) is 3.45. The first-order valence-electron chi connectivity index (χ1n) is 10.6. The summed E-state index contributed by atoms with van der Waals surface area (Å²) in [6.07, 6.45) is 6.94. The van der Waals surface area contributed by atoms with E-state index in [-0.39, 0.29) is 10.6 Å². The summed E-state index contributed by atoms with van der Waals surface area (Å²) in [5.74, 6) is 0.983. The molecule has 0 amide bonds. The van der Waals surface area contributed by atoms with E-state index in [2.05, 4.69) is 20.4 Å². The third-order valence-corrected chi connectivity index (χ3v) is 5.40. The van der Waals surface area contributed by atoms with Gasteiger partial charge in [0, 0.05) is 56.4 Å². The molecule has 0 bridgehead atoms. The van der Waals surface area contributed by atoms with Crippen molar-refractivity contribution in [3.8, 4) is 16.9 Å². The first kappa shape index (κ1) is 22.9. The Kier molecular flexibility index (Phi) is 6.55. The summed E-state index contributed by atoms with van der Waals surface area (Å²) in [4.78, 5) is 24.1. The maximum absolute atomic E-state index is 11.9. The van der Waals surface area contributed by atoms with Gasteiger partial charge in [-0.05, 0) is 37.9 Å². The highest BCUT2D eigenvalue weighted by Crippen LogP contribution is 2.39. The summed E-state index contributed by atoms with van der Waals surface area (Å²) < 4.78 is 7.25. The van der Waals surface area contributed by atoms with Crippen LogP contribution in [0.2, 0.25) is 0 Å². The smallest absolute Gasteiger partial charge is 0.294 e. The molecule has 0 saturated heterocycles. The van der Waals surface area contributed by atoms with Gasteiger partial charge in [-0.15, -0.1) is 0 Å². The molecule has 1 aromatic carbocycles. The van der Waals surface area contributed by atoms with Crippen LogP contribution in [0, 0.1) is 10.1 Å². The summed E-state index contributed by atoms with van der Waals surface area (Å²) in [5, 5.41) is 19.4. The van der Waals surface area contributed by atoms with Gasteiger partial charge in [0.05, 0.1) is 23.9 Å². The molecule has 0 fully saturated rings. The molecule has 4 aromatic rings. The van der Waals surface area contributed by atoms with Crippen molar-refractivity contribution >= 4 is 28.5 Å². The number of ether oxygens (including phenoxy) is 1. The van der Waals surface area contributed by atoms with Crippen molar-refractivity contribution in [3.63, 3.8) is 0 Å². The van der Waals surface area contributed by atoms with Gasteiger partial charge < -0.3 is 19.9 Å². The molecule has 0 unspecified atom stereocenters. The van der Waals surface area contributed by atoms with Gasteiger partial charge in [-0.3, -0.25) is 10.1 Å². The van der Waals surface area contributed by atoms with E-state index in [0.29, 0.717) is 29.5 Å². The number of aromatic nitrogens is 4. The number of likely N-dealkylation sites (N-methyl/N-ethyl adjacent to an activating group) is 2. The minimum atomic E-state index is -0.388. The number of hydrogen-bond acceptors (Lipinski definition) is 9. The first-order valence-corrected chi connectivity index (χ1v) is 10.6. The molecule has 4 rings (SSSR count). The van der Waals surface area contributed by atoms with Gasteiger partial charge in [-0.25, -0.2) is 14.5 Å². The third kappa shape index (κ3) is 4.74. The number of nitrogens with one attached hydrogen (secondary N) is 1. The first-order chi connectivity index (χ1) is 16.4. The Hall–Kier alpha value is -4.25. The van der Waals surface area contributed by atoms with Gasteiger partial charge in [0.2, 0.25) is 0 Å². The van der Waals surface area contributed by atoms with Crippen LogP contribution in [0.1, 0.15) is 0 Å². The lowest BCUT2D eigenvalue weighted by atomic mass is 10.1. The highest BCUT2D eigenvalue weighted by atomic mass is 16.6. The number of nitro benzene ring substituents is 1. The Bertz CT molecular complexity index is 1320. The SMILES string of the molecule is COc1cc(N(C)CCN(C)C)c([N+](=O)[O-])cc1Nc1cc(-c2cnn3cccnc23)ccn1. The standard InChI is InChI=1S/C23H26N8O3/c1-28(2)10-11-29(3)19-14-21(34-4)18(13-20(19)31(32)33)27-22-12-16(6-8-24-22)17-15-26-30-9-5-7-25-23(17)30/h5-9,12-15H,10-11H2,1-4H3,(H,24,27). The zero-order valence-corrected chi connectivity index (χ0v) is 19.5. The molecule has 0 atom stereocenters. The minimum Gasteiger partial charge on any atom is -0.494 e. The summed E-state index contributed by atoms with van der Waals surface area (Å²) in [5.41, 5.74) is 3.34. The van der Waals surface area contributed by atoms with Crippen LogP contribution in [0.3, 0.4) is 0 Å². The van der Waals surface area contributed by atoms with E-state index in [1.165, 1.54) is 13.2 Å². The zero-order chi connectivity index (χ0) is 24.2. The maximum atomic E-state index is 11.9. The van der Waals surface area contributed by atoms with Crippen LogP contribution in [0.25, 0.3) is 16.8 Å². The molecule has 34 heavy (non-hydrogen) atoms. The number of rotatable bonds is 9. The number of pyridine rings is 1. The van der Waals surface area contributed by atoms with Crippen LogP contribution in [0.5, 0.6) is 5.75 Å². The molecular weight excluding hydrogens is 436 g/mol. The van der Waals surface area contributed by atoms with Gasteiger partial charge >= 0.3 is 0 Å². The second-order valence-electron chi connectivity index (χ2n) is 8.02. The molecule has 1 N–H and O–H groups in total. The van der Waals surface area contributed by atoms with Crippen molar-refractivity contribution in [3.05, 3.63) is 65.2 Å². The number of benzene rings is 1. The zero-order valence-electron chi connectivity index (χ0n) is 19.5. The number of nitrogens with zero attached hydrogens (tertiary/aromatic N) is 7. The van der Waals surface area contributed by atoms with E-state index < -0.39 is 0 Å². The summed E-state index contributed by atoms with van der Waals surface area (Å²) in [6.45, 7) is 1.38. The second kappa shape index (κ2) is 9.71. The van der Waals surface area contributed by atoms with Crippen molar-refractivity contribution in [1.82, 2.24) is 24.5 Å². The minimum absolute atomic E-state index is 0.0208. The van der Waals surface area contributed by atoms with Crippen LogP contribution < -0.4 is 15.0 Å². The van der Waals surface area contributed by atoms with Gasteiger partial charge in [-0.1, -0.05) is 0 Å². The molecule has 11 heteroatoms. The number of nitro groups is 1. The van der Waals surface area contributed by atoms with Crippen molar-refractivity contribution in [1.29, 1.82) is 0 Å². The second-order valence-corrected chi connectivity index (χ2v) is 8.02. The average molecular weight is 463 g/mol. The van der Waals surface area contributed by atoms with Crippen LogP contribution in [0.15, 0.2) is 55.1 Å². The Balaban J connectivity index is 1.68. The molecule has 3 aromatic heterocycles. The number of hydrogen-bond donors (Lipinski definition) is 1. The molecule has 0 spiro atoms. The van der Waals surface area contributed by atoms with Gasteiger partial charge in [0.1, 0.15) is 17.3 Å². The topological polar surface area (TPSA) is 114 Å². The fourth-order valence-electron chi connectivity index (χ4n) is 3.58. The lowest BCUT2D eigenvalue weighted by molar-refractivity contribution is -0.384. The normalized spacial score (nSPS) is 11.1. The Morgan fingerprint density at radius 3 is 2.71 bits per heavy atom. The van der Waals surface area contributed by atoms with Crippen LogP contribution in [0.4, 0.5) is 22.9 Å². The Morgan fingerprint density at radius 2 is 1.97 bits per heavy atom. The van der Waals surface area contributed by atoms with E-state index in [0.717, 1.165) is 23.3 Å². The largest absolute Gasteiger partial charge is 0.494 e. The van der Waals surface area contributed by atoms with Crippen LogP contribution in [-0.2, 0) is 0 Å². The van der Waals surface area contributed by atoms with Crippen molar-refractivity contribution in [2.24, 2.45) is 0 Å².